The lowest BCUT2D eigenvalue weighted by Gasteiger charge is -2.30. The Balaban J connectivity index is 1.71. The Bertz CT molecular complexity index is 1060. The van der Waals surface area contributed by atoms with Crippen molar-refractivity contribution in [1.29, 1.82) is 0 Å². The van der Waals surface area contributed by atoms with Crippen LogP contribution in [0.4, 0.5) is 5.69 Å². The summed E-state index contributed by atoms with van der Waals surface area (Å²) in [4.78, 5) is 20.9. The number of amidine groups is 1. The normalized spacial score (nSPS) is 19.8. The van der Waals surface area contributed by atoms with Gasteiger partial charge >= 0.3 is 0 Å². The SMILES string of the molecule is CCOc1cc(/C=C2/SC(=Nc3ccc(C)cc3)N(C3CCCCC3)C2=O)cc(I)c1O. The number of phenolic OH excluding ortho intramolecular Hbond substituents is 1. The number of aryl methyl sites for hydroxylation is 1. The van der Waals surface area contributed by atoms with E-state index < -0.39 is 0 Å². The largest absolute Gasteiger partial charge is 0.504 e. The van der Waals surface area contributed by atoms with Gasteiger partial charge < -0.3 is 9.84 Å². The number of amides is 1. The molecule has 1 aliphatic carbocycles. The van der Waals surface area contributed by atoms with Crippen molar-refractivity contribution < 1.29 is 14.6 Å². The number of hydrogen-bond donors (Lipinski definition) is 1. The number of thioether (sulfide) groups is 1. The van der Waals surface area contributed by atoms with Gasteiger partial charge in [-0.15, -0.1) is 0 Å². The fraction of sp³-hybridized carbons (Fsp3) is 0.360. The molecule has 1 amide bonds. The van der Waals surface area contributed by atoms with Gasteiger partial charge in [0.25, 0.3) is 5.91 Å². The second-order valence-corrected chi connectivity index (χ2v) is 10.3. The summed E-state index contributed by atoms with van der Waals surface area (Å²) in [5.41, 5.74) is 2.86. The quantitative estimate of drug-likeness (QED) is 0.328. The van der Waals surface area contributed by atoms with Crippen LogP contribution in [-0.4, -0.2) is 33.7 Å². The van der Waals surface area contributed by atoms with Crippen molar-refractivity contribution in [2.24, 2.45) is 4.99 Å². The van der Waals surface area contributed by atoms with Gasteiger partial charge in [0.05, 0.1) is 20.8 Å². The Kier molecular flexibility index (Phi) is 7.45. The van der Waals surface area contributed by atoms with Gasteiger partial charge in [-0.3, -0.25) is 9.69 Å². The van der Waals surface area contributed by atoms with Crippen molar-refractivity contribution >= 4 is 57.2 Å². The molecule has 7 heteroatoms. The summed E-state index contributed by atoms with van der Waals surface area (Å²) in [5, 5.41) is 11.0. The highest BCUT2D eigenvalue weighted by Gasteiger charge is 2.38. The maximum atomic E-state index is 13.5. The van der Waals surface area contributed by atoms with Crippen LogP contribution in [0.2, 0.25) is 0 Å². The van der Waals surface area contributed by atoms with E-state index in [1.54, 1.807) is 6.07 Å². The van der Waals surface area contributed by atoms with E-state index in [1.165, 1.54) is 23.7 Å². The third-order valence-electron chi connectivity index (χ3n) is 5.68. The number of nitrogens with zero attached hydrogens (tertiary/aromatic N) is 2. The lowest BCUT2D eigenvalue weighted by molar-refractivity contribution is -0.124. The molecule has 1 heterocycles. The van der Waals surface area contributed by atoms with Gasteiger partial charge in [0, 0.05) is 6.04 Å². The smallest absolute Gasteiger partial charge is 0.267 e. The van der Waals surface area contributed by atoms with E-state index in [4.69, 9.17) is 9.73 Å². The molecule has 1 aliphatic heterocycles. The Morgan fingerprint density at radius 3 is 2.62 bits per heavy atom. The predicted molar refractivity (Wildman–Crippen MR) is 140 cm³/mol. The van der Waals surface area contributed by atoms with Crippen molar-refractivity contribution in [1.82, 2.24) is 4.90 Å². The zero-order chi connectivity index (χ0) is 22.7. The van der Waals surface area contributed by atoms with Gasteiger partial charge in [-0.2, -0.15) is 0 Å². The second kappa shape index (κ2) is 10.3. The van der Waals surface area contributed by atoms with Gasteiger partial charge in [-0.25, -0.2) is 4.99 Å². The number of aromatic hydroxyl groups is 1. The molecule has 2 fully saturated rings. The molecule has 0 spiro atoms. The monoisotopic (exact) mass is 562 g/mol. The number of carbonyl (C=O) groups is 1. The van der Waals surface area contributed by atoms with Gasteiger partial charge in [-0.05, 0) is 96.9 Å². The van der Waals surface area contributed by atoms with E-state index in [2.05, 4.69) is 29.5 Å². The molecule has 1 N–H and O–H groups in total. The van der Waals surface area contributed by atoms with Crippen LogP contribution in [-0.2, 0) is 4.79 Å². The number of rotatable bonds is 5. The van der Waals surface area contributed by atoms with E-state index in [-0.39, 0.29) is 17.7 Å². The zero-order valence-electron chi connectivity index (χ0n) is 18.3. The van der Waals surface area contributed by atoms with E-state index in [0.29, 0.717) is 20.8 Å². The van der Waals surface area contributed by atoms with E-state index in [0.717, 1.165) is 42.1 Å². The first kappa shape index (κ1) is 23.2. The fourth-order valence-corrected chi connectivity index (χ4v) is 5.73. The molecule has 1 saturated carbocycles. The summed E-state index contributed by atoms with van der Waals surface area (Å²) in [7, 11) is 0. The third-order valence-corrected chi connectivity index (χ3v) is 7.49. The van der Waals surface area contributed by atoms with Crippen LogP contribution in [0, 0.1) is 10.5 Å². The highest BCUT2D eigenvalue weighted by atomic mass is 127. The fourth-order valence-electron chi connectivity index (χ4n) is 4.05. The Hall–Kier alpha value is -2.00. The van der Waals surface area contributed by atoms with Crippen LogP contribution in [0.1, 0.15) is 50.2 Å². The number of carbonyl (C=O) groups excluding carboxylic acids is 1. The van der Waals surface area contributed by atoms with E-state index in [9.17, 15) is 9.90 Å². The molecule has 0 aromatic heterocycles. The van der Waals surface area contributed by atoms with Gasteiger partial charge in [0.1, 0.15) is 0 Å². The first-order valence-electron chi connectivity index (χ1n) is 11.0. The van der Waals surface area contributed by atoms with Crippen LogP contribution in [0.25, 0.3) is 6.08 Å². The highest BCUT2D eigenvalue weighted by Crippen LogP contribution is 2.40. The molecule has 2 aromatic carbocycles. The topological polar surface area (TPSA) is 62.1 Å². The van der Waals surface area contributed by atoms with Crippen molar-refractivity contribution in [2.45, 2.75) is 52.0 Å². The summed E-state index contributed by atoms with van der Waals surface area (Å²) in [6, 6.07) is 11.9. The number of halogens is 1. The molecule has 2 aliphatic rings. The molecule has 0 bridgehead atoms. The van der Waals surface area contributed by atoms with E-state index >= 15 is 0 Å². The lowest BCUT2D eigenvalue weighted by Crippen LogP contribution is -2.40. The summed E-state index contributed by atoms with van der Waals surface area (Å²) in [5.74, 6) is 0.568. The third kappa shape index (κ3) is 5.14. The van der Waals surface area contributed by atoms with Crippen LogP contribution in [0.15, 0.2) is 46.3 Å². The second-order valence-electron chi connectivity index (χ2n) is 8.09. The maximum absolute atomic E-state index is 13.5. The summed E-state index contributed by atoms with van der Waals surface area (Å²) in [6.45, 7) is 4.39. The van der Waals surface area contributed by atoms with Crippen LogP contribution in [0.5, 0.6) is 11.5 Å². The zero-order valence-corrected chi connectivity index (χ0v) is 21.3. The Morgan fingerprint density at radius 1 is 1.22 bits per heavy atom. The minimum atomic E-state index is 0.00815. The van der Waals surface area contributed by atoms with Crippen molar-refractivity contribution in [3.8, 4) is 11.5 Å². The van der Waals surface area contributed by atoms with Gasteiger partial charge in [-0.1, -0.05) is 37.0 Å². The molecule has 4 rings (SSSR count). The highest BCUT2D eigenvalue weighted by molar-refractivity contribution is 14.1. The van der Waals surface area contributed by atoms with Crippen LogP contribution in [0.3, 0.4) is 0 Å². The van der Waals surface area contributed by atoms with E-state index in [1.807, 2.05) is 48.2 Å². The Labute approximate surface area is 207 Å². The minimum Gasteiger partial charge on any atom is -0.504 e. The van der Waals surface area contributed by atoms with Crippen molar-refractivity contribution in [3.63, 3.8) is 0 Å². The average Bonchev–Trinajstić information content (AvgIpc) is 3.08. The van der Waals surface area contributed by atoms with Crippen molar-refractivity contribution in [2.75, 3.05) is 6.61 Å². The predicted octanol–water partition coefficient (Wildman–Crippen LogP) is 6.64. The van der Waals surface area contributed by atoms with Crippen LogP contribution >= 0.6 is 34.4 Å². The molecule has 1 saturated heterocycles. The maximum Gasteiger partial charge on any atom is 0.267 e. The number of ether oxygens (including phenoxy) is 1. The van der Waals surface area contributed by atoms with Gasteiger partial charge in [0.2, 0.25) is 0 Å². The molecular weight excluding hydrogens is 535 g/mol. The summed E-state index contributed by atoms with van der Waals surface area (Å²) < 4.78 is 6.25. The van der Waals surface area contributed by atoms with Crippen molar-refractivity contribution in [3.05, 3.63) is 56.0 Å². The molecular formula is C25H27IN2O3S. The standard InChI is InChI=1S/C25H27IN2O3S/c1-3-31-21-14-17(13-20(26)23(21)29)15-22-24(30)28(19-7-5-4-6-8-19)25(32-22)27-18-11-9-16(2)10-12-18/h9-15,19,29H,3-8H2,1-2H3/b22-15+,27-25?. The number of hydrogen-bond acceptors (Lipinski definition) is 5. The summed E-state index contributed by atoms with van der Waals surface area (Å²) >= 11 is 3.51. The molecule has 0 atom stereocenters. The average molecular weight is 562 g/mol. The molecule has 0 unspecified atom stereocenters. The number of aliphatic imine (C=N–C) groups is 1. The lowest BCUT2D eigenvalue weighted by atomic mass is 9.94. The molecule has 168 valence electrons. The number of phenols is 1. The summed E-state index contributed by atoms with van der Waals surface area (Å²) in [6.07, 6.45) is 7.42. The molecule has 5 nitrogen and oxygen atoms in total. The molecule has 2 aromatic rings. The first-order chi connectivity index (χ1) is 15.5. The Morgan fingerprint density at radius 2 is 1.94 bits per heavy atom. The minimum absolute atomic E-state index is 0.00815. The molecule has 32 heavy (non-hydrogen) atoms. The molecule has 0 radical (unpaired) electrons. The van der Waals surface area contributed by atoms with Gasteiger partial charge in [0.15, 0.2) is 16.7 Å². The van der Waals surface area contributed by atoms with Crippen LogP contribution < -0.4 is 4.74 Å². The first-order valence-corrected chi connectivity index (χ1v) is 12.9. The number of benzene rings is 2.